The van der Waals surface area contributed by atoms with E-state index in [1.54, 1.807) is 0 Å². The van der Waals surface area contributed by atoms with Gasteiger partial charge in [-0.15, -0.1) is 12.4 Å². The fourth-order valence-corrected chi connectivity index (χ4v) is 5.34. The summed E-state index contributed by atoms with van der Waals surface area (Å²) in [6.45, 7) is 8.40. The number of pyridine rings is 1. The number of hydrogen-bond acceptors (Lipinski definition) is 7. The molecule has 0 aliphatic carbocycles. The van der Waals surface area contributed by atoms with Crippen LogP contribution >= 0.6 is 23.7 Å². The largest absolute Gasteiger partial charge is 0.431 e. The number of aromatic nitrogens is 2. The number of fused-ring (bicyclic) bond motifs is 1. The molecule has 0 radical (unpaired) electrons. The molecule has 0 atom stereocenters. The van der Waals surface area contributed by atoms with E-state index in [9.17, 15) is 4.79 Å². The Morgan fingerprint density at radius 2 is 1.88 bits per heavy atom. The molecule has 1 N–H and O–H groups in total. The van der Waals surface area contributed by atoms with Crippen molar-refractivity contribution in [3.05, 3.63) is 47.7 Å². The quantitative estimate of drug-likeness (QED) is 0.589. The Kier molecular flexibility index (Phi) is 7.80. The van der Waals surface area contributed by atoms with Crippen LogP contribution in [-0.2, 0) is 11.3 Å². The molecule has 1 aromatic carbocycles. The lowest BCUT2D eigenvalue weighted by Crippen LogP contribution is -2.50. The molecule has 0 spiro atoms. The summed E-state index contributed by atoms with van der Waals surface area (Å²) < 4.78 is 6.99. The maximum atomic E-state index is 12.7. The summed E-state index contributed by atoms with van der Waals surface area (Å²) >= 11 is 1.51. The topological polar surface area (TPSA) is 70.6 Å². The van der Waals surface area contributed by atoms with Gasteiger partial charge in [0, 0.05) is 44.8 Å². The first kappa shape index (κ1) is 23.9. The zero-order chi connectivity index (χ0) is 21.9. The van der Waals surface area contributed by atoms with Crippen LogP contribution in [-0.4, -0.2) is 64.9 Å². The summed E-state index contributed by atoms with van der Waals surface area (Å²) in [4.78, 5) is 26.0. The first-order chi connectivity index (χ1) is 15.6. The van der Waals surface area contributed by atoms with Gasteiger partial charge in [-0.05, 0) is 62.2 Å². The minimum absolute atomic E-state index is 0. The summed E-state index contributed by atoms with van der Waals surface area (Å²) in [7, 11) is 0. The van der Waals surface area contributed by atoms with Crippen LogP contribution in [0.4, 0.5) is 0 Å². The van der Waals surface area contributed by atoms with Crippen LogP contribution in [0.2, 0.25) is 0 Å². The predicted octanol–water partition coefficient (Wildman–Crippen LogP) is 3.86. The Morgan fingerprint density at radius 3 is 2.61 bits per heavy atom. The highest BCUT2D eigenvalue weighted by Crippen LogP contribution is 2.31. The second-order valence-electron chi connectivity index (χ2n) is 8.69. The summed E-state index contributed by atoms with van der Waals surface area (Å²) in [6, 6.07) is 10.3. The number of nitrogens with one attached hydrogen (secondary N) is 1. The van der Waals surface area contributed by atoms with Gasteiger partial charge in [0.25, 0.3) is 5.19 Å². The van der Waals surface area contributed by atoms with Gasteiger partial charge >= 0.3 is 0 Å². The van der Waals surface area contributed by atoms with E-state index in [4.69, 9.17) is 4.74 Å². The predicted molar refractivity (Wildman–Crippen MR) is 133 cm³/mol. The molecule has 2 saturated heterocycles. The van der Waals surface area contributed by atoms with Crippen molar-refractivity contribution < 1.29 is 9.53 Å². The Hall–Kier alpha value is -2.26. The van der Waals surface area contributed by atoms with Crippen molar-refractivity contribution in [2.45, 2.75) is 26.3 Å². The molecule has 0 bridgehead atoms. The molecule has 2 aromatic heterocycles. The third kappa shape index (κ3) is 5.81. The Labute approximate surface area is 204 Å². The Balaban J connectivity index is 0.00000259. The van der Waals surface area contributed by atoms with Crippen LogP contribution in [0.1, 0.15) is 24.0 Å². The first-order valence-electron chi connectivity index (χ1n) is 11.4. The lowest BCUT2D eigenvalue weighted by atomic mass is 9.94. The van der Waals surface area contributed by atoms with Crippen LogP contribution < -0.4 is 10.1 Å². The van der Waals surface area contributed by atoms with Gasteiger partial charge < -0.3 is 15.0 Å². The monoisotopic (exact) mass is 487 g/mol. The van der Waals surface area contributed by atoms with Gasteiger partial charge in [-0.1, -0.05) is 23.5 Å². The van der Waals surface area contributed by atoms with Crippen LogP contribution in [0, 0.1) is 12.8 Å². The summed E-state index contributed by atoms with van der Waals surface area (Å²) in [5.41, 5.74) is 3.10. The molecule has 1 amide bonds. The van der Waals surface area contributed by atoms with E-state index in [-0.39, 0.29) is 18.3 Å². The second kappa shape index (κ2) is 10.8. The Morgan fingerprint density at radius 1 is 1.15 bits per heavy atom. The van der Waals surface area contributed by atoms with Crippen molar-refractivity contribution in [1.82, 2.24) is 25.1 Å². The summed E-state index contributed by atoms with van der Waals surface area (Å²) in [6.07, 6.45) is 3.73. The third-order valence-electron chi connectivity index (χ3n) is 6.26. The summed E-state index contributed by atoms with van der Waals surface area (Å²) in [5, 5.41) is 3.93. The number of halogens is 1. The molecule has 176 valence electrons. The van der Waals surface area contributed by atoms with Gasteiger partial charge in [-0.25, -0.2) is 4.98 Å². The maximum Gasteiger partial charge on any atom is 0.281 e. The van der Waals surface area contributed by atoms with E-state index in [2.05, 4.69) is 38.4 Å². The SMILES string of the molecule is Cc1cnc2nc(Oc3ccc(CN4CCC(C(=O)N5CCNCC5)CC4)cc3)sc2c1.Cl. The molecule has 2 aliphatic heterocycles. The molecule has 2 aliphatic rings. The van der Waals surface area contributed by atoms with E-state index >= 15 is 0 Å². The molecule has 5 rings (SSSR count). The molecule has 4 heterocycles. The molecule has 9 heteroatoms. The standard InChI is InChI=1S/C24H29N5O2S.ClH/c1-17-14-21-22(26-15-17)27-24(32-21)31-20-4-2-18(3-5-20)16-28-10-6-19(7-11-28)23(30)29-12-8-25-9-13-29;/h2-5,14-15,19,25H,6-13,16H2,1H3;1H. The van der Waals surface area contributed by atoms with Crippen LogP contribution in [0.5, 0.6) is 10.9 Å². The normalized spacial score (nSPS) is 17.7. The van der Waals surface area contributed by atoms with Crippen molar-refractivity contribution >= 4 is 40.0 Å². The van der Waals surface area contributed by atoms with E-state index in [1.807, 2.05) is 30.2 Å². The number of likely N-dealkylation sites (tertiary alicyclic amines) is 1. The van der Waals surface area contributed by atoms with Crippen molar-refractivity contribution in [3.8, 4) is 10.9 Å². The highest BCUT2D eigenvalue weighted by atomic mass is 35.5. The second-order valence-corrected chi connectivity index (χ2v) is 9.68. The molecular formula is C24H30ClN5O2S. The number of amides is 1. The van der Waals surface area contributed by atoms with Gasteiger partial charge in [0.05, 0.1) is 4.70 Å². The minimum atomic E-state index is 0. The number of carbonyl (C=O) groups is 1. The molecule has 3 aromatic rings. The third-order valence-corrected chi connectivity index (χ3v) is 7.13. The molecule has 33 heavy (non-hydrogen) atoms. The number of hydrogen-bond donors (Lipinski definition) is 1. The highest BCUT2D eigenvalue weighted by Gasteiger charge is 2.29. The number of ether oxygens (including phenoxy) is 1. The smallest absolute Gasteiger partial charge is 0.281 e. The van der Waals surface area contributed by atoms with Gasteiger partial charge in [-0.3, -0.25) is 9.69 Å². The van der Waals surface area contributed by atoms with Gasteiger partial charge in [0.1, 0.15) is 5.75 Å². The number of nitrogens with zero attached hydrogens (tertiary/aromatic N) is 4. The number of piperazine rings is 1. The Bertz CT molecular complexity index is 1080. The molecule has 2 fully saturated rings. The average Bonchev–Trinajstić information content (AvgIpc) is 3.22. The first-order valence-corrected chi connectivity index (χ1v) is 12.2. The van der Waals surface area contributed by atoms with Crippen molar-refractivity contribution in [2.24, 2.45) is 5.92 Å². The number of piperidine rings is 1. The maximum absolute atomic E-state index is 12.7. The number of thiazole rings is 1. The average molecular weight is 488 g/mol. The highest BCUT2D eigenvalue weighted by molar-refractivity contribution is 7.20. The van der Waals surface area contributed by atoms with Gasteiger partial charge in [0.15, 0.2) is 5.65 Å². The lowest BCUT2D eigenvalue weighted by Gasteiger charge is -2.35. The van der Waals surface area contributed by atoms with Gasteiger partial charge in [-0.2, -0.15) is 4.98 Å². The minimum Gasteiger partial charge on any atom is -0.431 e. The fraction of sp³-hybridized carbons (Fsp3) is 0.458. The number of carbonyl (C=O) groups excluding carboxylic acids is 1. The van der Waals surface area contributed by atoms with Crippen LogP contribution in [0.15, 0.2) is 36.5 Å². The van der Waals surface area contributed by atoms with E-state index < -0.39 is 0 Å². The van der Waals surface area contributed by atoms with Crippen molar-refractivity contribution in [3.63, 3.8) is 0 Å². The van der Waals surface area contributed by atoms with Crippen LogP contribution in [0.25, 0.3) is 10.3 Å². The molecule has 7 nitrogen and oxygen atoms in total. The van der Waals surface area contributed by atoms with Crippen molar-refractivity contribution in [2.75, 3.05) is 39.3 Å². The zero-order valence-corrected chi connectivity index (χ0v) is 20.5. The van der Waals surface area contributed by atoms with E-state index in [0.717, 1.165) is 80.3 Å². The van der Waals surface area contributed by atoms with Gasteiger partial charge in [0.2, 0.25) is 5.91 Å². The lowest BCUT2D eigenvalue weighted by molar-refractivity contribution is -0.137. The fourth-order valence-electron chi connectivity index (χ4n) is 4.44. The summed E-state index contributed by atoms with van der Waals surface area (Å²) in [5.74, 6) is 1.32. The number of benzene rings is 1. The molecular weight excluding hydrogens is 458 g/mol. The van der Waals surface area contributed by atoms with E-state index in [0.29, 0.717) is 11.1 Å². The van der Waals surface area contributed by atoms with Crippen LogP contribution in [0.3, 0.4) is 0 Å². The number of aryl methyl sites for hydroxylation is 1. The molecule has 0 unspecified atom stereocenters. The zero-order valence-electron chi connectivity index (χ0n) is 18.8. The van der Waals surface area contributed by atoms with Crippen molar-refractivity contribution in [1.29, 1.82) is 0 Å². The molecule has 0 saturated carbocycles. The van der Waals surface area contributed by atoms with E-state index in [1.165, 1.54) is 16.9 Å². The number of rotatable bonds is 5.